The van der Waals surface area contributed by atoms with Gasteiger partial charge in [-0.25, -0.2) is 0 Å². The Hall–Kier alpha value is -0.530. The summed E-state index contributed by atoms with van der Waals surface area (Å²) >= 11 is 0. The zero-order valence-electron chi connectivity index (χ0n) is 5.76. The number of carbonyl (C=O) groups excluding carboxylic acids is 1. The van der Waals surface area contributed by atoms with Crippen LogP contribution in [0.25, 0.3) is 0 Å². The topological polar surface area (TPSA) is 29.1 Å². The monoisotopic (exact) mass is 127 g/mol. The second-order valence-corrected chi connectivity index (χ2v) is 2.76. The zero-order chi connectivity index (χ0) is 6.69. The minimum absolute atomic E-state index is 0.399. The molecule has 1 fully saturated rings. The third-order valence-corrected chi connectivity index (χ3v) is 2.19. The number of carbonyl (C=O) groups is 1. The second-order valence-electron chi connectivity index (χ2n) is 2.76. The molecule has 1 aliphatic rings. The van der Waals surface area contributed by atoms with Gasteiger partial charge in [-0.1, -0.05) is 6.42 Å². The van der Waals surface area contributed by atoms with Crippen LogP contribution in [0.1, 0.15) is 26.2 Å². The summed E-state index contributed by atoms with van der Waals surface area (Å²) in [5.41, 5.74) is 0. The molecule has 1 unspecified atom stereocenters. The third kappa shape index (κ3) is 1.44. The Morgan fingerprint density at radius 2 is 2.33 bits per heavy atom. The molecule has 0 aromatic rings. The predicted octanol–water partition coefficient (Wildman–Crippen LogP) is 0.921. The lowest BCUT2D eigenvalue weighted by molar-refractivity contribution is -0.110. The maximum atomic E-state index is 9.95. The van der Waals surface area contributed by atoms with Crippen LogP contribution in [0.3, 0.4) is 0 Å². The fourth-order valence-corrected chi connectivity index (χ4v) is 1.18. The van der Waals surface area contributed by atoms with Gasteiger partial charge in [0.1, 0.15) is 0 Å². The van der Waals surface area contributed by atoms with Crippen molar-refractivity contribution in [1.29, 1.82) is 0 Å². The first-order chi connectivity index (χ1) is 4.34. The van der Waals surface area contributed by atoms with Crippen LogP contribution >= 0.6 is 0 Å². The van der Waals surface area contributed by atoms with Crippen LogP contribution in [-0.2, 0) is 4.79 Å². The number of rotatable bonds is 3. The molecule has 2 heteroatoms. The lowest BCUT2D eigenvalue weighted by Gasteiger charge is -2.30. The molecule has 0 radical (unpaired) electrons. The van der Waals surface area contributed by atoms with E-state index < -0.39 is 0 Å². The summed E-state index contributed by atoms with van der Waals surface area (Å²) < 4.78 is 0. The highest BCUT2D eigenvalue weighted by molar-refractivity contribution is 5.46. The Bertz CT molecular complexity index is 99.1. The van der Waals surface area contributed by atoms with Crippen molar-refractivity contribution < 1.29 is 4.79 Å². The minimum Gasteiger partial charge on any atom is -0.356 e. The third-order valence-electron chi connectivity index (χ3n) is 2.19. The van der Waals surface area contributed by atoms with Crippen LogP contribution in [0.2, 0.25) is 0 Å². The van der Waals surface area contributed by atoms with E-state index >= 15 is 0 Å². The molecule has 0 heterocycles. The highest BCUT2D eigenvalue weighted by atomic mass is 16.1. The SMILES string of the molecule is CC(NC=O)C1CCC1. The summed E-state index contributed by atoms with van der Waals surface area (Å²) in [5.74, 6) is 0.759. The molecule has 9 heavy (non-hydrogen) atoms. The lowest BCUT2D eigenvalue weighted by Crippen LogP contribution is -2.36. The van der Waals surface area contributed by atoms with Gasteiger partial charge in [0.05, 0.1) is 0 Å². The van der Waals surface area contributed by atoms with Crippen molar-refractivity contribution in [3.8, 4) is 0 Å². The molecular formula is C7H13NO. The van der Waals surface area contributed by atoms with Crippen LogP contribution < -0.4 is 5.32 Å². The fraction of sp³-hybridized carbons (Fsp3) is 0.857. The van der Waals surface area contributed by atoms with Crippen molar-refractivity contribution in [3.05, 3.63) is 0 Å². The van der Waals surface area contributed by atoms with Gasteiger partial charge >= 0.3 is 0 Å². The van der Waals surface area contributed by atoms with Crippen molar-refractivity contribution in [2.75, 3.05) is 0 Å². The first kappa shape index (κ1) is 6.59. The molecule has 0 aliphatic heterocycles. The molecule has 0 aromatic heterocycles. The Balaban J connectivity index is 2.15. The van der Waals surface area contributed by atoms with Gasteiger partial charge in [-0.3, -0.25) is 4.79 Å². The highest BCUT2D eigenvalue weighted by Gasteiger charge is 2.22. The predicted molar refractivity (Wildman–Crippen MR) is 36.0 cm³/mol. The van der Waals surface area contributed by atoms with E-state index in [-0.39, 0.29) is 0 Å². The molecule has 1 amide bonds. The number of nitrogens with one attached hydrogen (secondary N) is 1. The molecule has 2 nitrogen and oxygen atoms in total. The Kier molecular flexibility index (Phi) is 2.09. The first-order valence-corrected chi connectivity index (χ1v) is 3.54. The normalized spacial score (nSPS) is 22.3. The molecule has 0 bridgehead atoms. The Morgan fingerprint density at radius 1 is 1.67 bits per heavy atom. The van der Waals surface area contributed by atoms with Gasteiger partial charge in [0.2, 0.25) is 6.41 Å². The molecule has 0 aromatic carbocycles. The largest absolute Gasteiger partial charge is 0.356 e. The maximum Gasteiger partial charge on any atom is 0.207 e. The van der Waals surface area contributed by atoms with Crippen LogP contribution in [0, 0.1) is 5.92 Å². The van der Waals surface area contributed by atoms with E-state index in [4.69, 9.17) is 0 Å². The number of hydrogen-bond acceptors (Lipinski definition) is 1. The quantitative estimate of drug-likeness (QED) is 0.561. The summed E-state index contributed by atoms with van der Waals surface area (Å²) in [5, 5.41) is 2.77. The van der Waals surface area contributed by atoms with E-state index in [1.165, 1.54) is 19.3 Å². The first-order valence-electron chi connectivity index (χ1n) is 3.54. The van der Waals surface area contributed by atoms with Gasteiger partial charge in [-0.15, -0.1) is 0 Å². The Labute approximate surface area is 55.6 Å². The van der Waals surface area contributed by atoms with Gasteiger partial charge in [0.25, 0.3) is 0 Å². The van der Waals surface area contributed by atoms with Crippen LogP contribution in [0.15, 0.2) is 0 Å². The number of amides is 1. The summed E-state index contributed by atoms with van der Waals surface area (Å²) in [6.07, 6.45) is 4.72. The van der Waals surface area contributed by atoms with E-state index in [9.17, 15) is 4.79 Å². The van der Waals surface area contributed by atoms with Crippen molar-refractivity contribution in [2.45, 2.75) is 32.2 Å². The minimum atomic E-state index is 0.399. The highest BCUT2D eigenvalue weighted by Crippen LogP contribution is 2.28. The van der Waals surface area contributed by atoms with Gasteiger partial charge < -0.3 is 5.32 Å². The second kappa shape index (κ2) is 2.85. The smallest absolute Gasteiger partial charge is 0.207 e. The molecule has 1 N–H and O–H groups in total. The van der Waals surface area contributed by atoms with Crippen LogP contribution in [0.5, 0.6) is 0 Å². The average molecular weight is 127 g/mol. The number of hydrogen-bond donors (Lipinski definition) is 1. The fourth-order valence-electron chi connectivity index (χ4n) is 1.18. The summed E-state index contributed by atoms with van der Waals surface area (Å²) in [6, 6.07) is 0.399. The molecule has 1 saturated carbocycles. The summed E-state index contributed by atoms with van der Waals surface area (Å²) in [6.45, 7) is 2.07. The van der Waals surface area contributed by atoms with Gasteiger partial charge in [-0.05, 0) is 25.7 Å². The molecule has 0 saturated heterocycles. The van der Waals surface area contributed by atoms with Crippen molar-refractivity contribution in [2.24, 2.45) is 5.92 Å². The molecule has 1 atom stereocenters. The van der Waals surface area contributed by atoms with Crippen LogP contribution in [-0.4, -0.2) is 12.5 Å². The molecule has 1 aliphatic carbocycles. The molecule has 52 valence electrons. The molecule has 1 rings (SSSR count). The van der Waals surface area contributed by atoms with E-state index in [1.807, 2.05) is 0 Å². The van der Waals surface area contributed by atoms with Crippen LogP contribution in [0.4, 0.5) is 0 Å². The van der Waals surface area contributed by atoms with Gasteiger partial charge in [0, 0.05) is 6.04 Å². The van der Waals surface area contributed by atoms with Crippen molar-refractivity contribution in [3.63, 3.8) is 0 Å². The maximum absolute atomic E-state index is 9.95. The molecular weight excluding hydrogens is 114 g/mol. The van der Waals surface area contributed by atoms with E-state index in [0.29, 0.717) is 6.04 Å². The Morgan fingerprint density at radius 3 is 2.67 bits per heavy atom. The van der Waals surface area contributed by atoms with E-state index in [1.54, 1.807) is 0 Å². The van der Waals surface area contributed by atoms with Crippen molar-refractivity contribution >= 4 is 6.41 Å². The van der Waals surface area contributed by atoms with Gasteiger partial charge in [0.15, 0.2) is 0 Å². The average Bonchev–Trinajstić information content (AvgIpc) is 1.60. The lowest BCUT2D eigenvalue weighted by atomic mass is 9.80. The standard InChI is InChI=1S/C7H13NO/c1-6(8-5-9)7-3-2-4-7/h5-7H,2-4H2,1H3,(H,8,9). The van der Waals surface area contributed by atoms with E-state index in [2.05, 4.69) is 12.2 Å². The summed E-state index contributed by atoms with van der Waals surface area (Å²) in [7, 11) is 0. The van der Waals surface area contributed by atoms with Crippen molar-refractivity contribution in [1.82, 2.24) is 5.32 Å². The van der Waals surface area contributed by atoms with Gasteiger partial charge in [-0.2, -0.15) is 0 Å². The molecule has 0 spiro atoms. The summed E-state index contributed by atoms with van der Waals surface area (Å²) in [4.78, 5) is 9.95. The van der Waals surface area contributed by atoms with E-state index in [0.717, 1.165) is 12.3 Å². The zero-order valence-corrected chi connectivity index (χ0v) is 5.76.